The summed E-state index contributed by atoms with van der Waals surface area (Å²) >= 11 is 12.5. The van der Waals surface area contributed by atoms with E-state index in [1.807, 2.05) is 36.4 Å². The summed E-state index contributed by atoms with van der Waals surface area (Å²) in [6.07, 6.45) is 3.02. The standard InChI is InChI=1S/C21H22Cl2O/c1-20(2)12-16(13-21(3,4)24-20)18-11-15(7-10-19(18)23)14-5-8-17(22)9-6-14/h5-12H,13H2,1-4H3. The average molecular weight is 361 g/mol. The molecule has 0 fully saturated rings. The van der Waals surface area contributed by atoms with Crippen LogP contribution in [0.3, 0.4) is 0 Å². The van der Waals surface area contributed by atoms with E-state index in [1.165, 1.54) is 5.57 Å². The maximum Gasteiger partial charge on any atom is 0.0819 e. The van der Waals surface area contributed by atoms with Gasteiger partial charge in [-0.2, -0.15) is 0 Å². The molecular weight excluding hydrogens is 339 g/mol. The summed E-state index contributed by atoms with van der Waals surface area (Å²) in [5, 5.41) is 1.51. The monoisotopic (exact) mass is 360 g/mol. The highest BCUT2D eigenvalue weighted by atomic mass is 35.5. The second kappa shape index (κ2) is 6.22. The summed E-state index contributed by atoms with van der Waals surface area (Å²) < 4.78 is 6.15. The summed E-state index contributed by atoms with van der Waals surface area (Å²) in [6.45, 7) is 8.42. The van der Waals surface area contributed by atoms with Crippen LogP contribution >= 0.6 is 23.2 Å². The Morgan fingerprint density at radius 1 is 0.875 bits per heavy atom. The molecule has 2 aromatic rings. The molecule has 0 unspecified atom stereocenters. The first-order chi connectivity index (χ1) is 11.2. The Morgan fingerprint density at radius 2 is 1.50 bits per heavy atom. The van der Waals surface area contributed by atoms with Gasteiger partial charge in [-0.3, -0.25) is 0 Å². The van der Waals surface area contributed by atoms with Gasteiger partial charge in [-0.15, -0.1) is 0 Å². The summed E-state index contributed by atoms with van der Waals surface area (Å²) in [7, 11) is 0. The van der Waals surface area contributed by atoms with Gasteiger partial charge in [0.05, 0.1) is 11.2 Å². The molecular formula is C21H22Cl2O. The molecule has 0 atom stereocenters. The lowest BCUT2D eigenvalue weighted by atomic mass is 9.85. The van der Waals surface area contributed by atoms with Crippen LogP contribution in [0.15, 0.2) is 48.5 Å². The maximum atomic E-state index is 6.53. The number of halogens is 2. The van der Waals surface area contributed by atoms with Gasteiger partial charge in [0.1, 0.15) is 0 Å². The van der Waals surface area contributed by atoms with E-state index in [4.69, 9.17) is 27.9 Å². The molecule has 0 radical (unpaired) electrons. The second-order valence-corrected chi connectivity index (χ2v) is 8.36. The fourth-order valence-corrected chi connectivity index (χ4v) is 3.84. The number of hydrogen-bond donors (Lipinski definition) is 0. The molecule has 1 heterocycles. The van der Waals surface area contributed by atoms with E-state index >= 15 is 0 Å². The minimum Gasteiger partial charge on any atom is -0.365 e. The molecule has 3 rings (SSSR count). The first-order valence-corrected chi connectivity index (χ1v) is 8.89. The van der Waals surface area contributed by atoms with Crippen LogP contribution in [0.2, 0.25) is 10.0 Å². The predicted molar refractivity (Wildman–Crippen MR) is 104 cm³/mol. The first kappa shape index (κ1) is 17.5. The smallest absolute Gasteiger partial charge is 0.0819 e. The molecule has 126 valence electrons. The summed E-state index contributed by atoms with van der Waals surface area (Å²) in [6, 6.07) is 14.1. The number of ether oxygens (including phenoxy) is 1. The van der Waals surface area contributed by atoms with Crippen LogP contribution in [0.1, 0.15) is 39.7 Å². The van der Waals surface area contributed by atoms with Crippen LogP contribution in [0.5, 0.6) is 0 Å². The van der Waals surface area contributed by atoms with E-state index in [2.05, 4.69) is 39.8 Å². The molecule has 0 bridgehead atoms. The highest BCUT2D eigenvalue weighted by Crippen LogP contribution is 2.41. The topological polar surface area (TPSA) is 9.23 Å². The van der Waals surface area contributed by atoms with Gasteiger partial charge in [0.2, 0.25) is 0 Å². The maximum absolute atomic E-state index is 6.53. The first-order valence-electron chi connectivity index (χ1n) is 8.13. The van der Waals surface area contributed by atoms with Crippen LogP contribution in [-0.4, -0.2) is 11.2 Å². The Hall–Kier alpha value is -1.28. The fourth-order valence-electron chi connectivity index (χ4n) is 3.47. The SMILES string of the molecule is CC1(C)C=C(c2cc(-c3ccc(Cl)cc3)ccc2Cl)CC(C)(C)O1. The Labute approximate surface area is 154 Å². The fraction of sp³-hybridized carbons (Fsp3) is 0.333. The van der Waals surface area contributed by atoms with Gasteiger partial charge in [0, 0.05) is 16.5 Å². The third kappa shape index (κ3) is 3.85. The van der Waals surface area contributed by atoms with Gasteiger partial charge < -0.3 is 4.74 Å². The van der Waals surface area contributed by atoms with Crippen LogP contribution in [0.25, 0.3) is 16.7 Å². The minimum absolute atomic E-state index is 0.215. The molecule has 3 heteroatoms. The van der Waals surface area contributed by atoms with Gasteiger partial charge >= 0.3 is 0 Å². The van der Waals surface area contributed by atoms with Crippen molar-refractivity contribution in [3.63, 3.8) is 0 Å². The van der Waals surface area contributed by atoms with Crippen molar-refractivity contribution in [1.82, 2.24) is 0 Å². The Morgan fingerprint density at radius 3 is 2.12 bits per heavy atom. The molecule has 0 N–H and O–H groups in total. The van der Waals surface area contributed by atoms with E-state index in [9.17, 15) is 0 Å². The quantitative estimate of drug-likeness (QED) is 0.558. The molecule has 0 amide bonds. The lowest BCUT2D eigenvalue weighted by Gasteiger charge is -2.40. The Balaban J connectivity index is 2.06. The normalized spacial score (nSPS) is 19.0. The van der Waals surface area contributed by atoms with Gasteiger partial charge in [-0.25, -0.2) is 0 Å². The molecule has 24 heavy (non-hydrogen) atoms. The van der Waals surface area contributed by atoms with E-state index < -0.39 is 0 Å². The van der Waals surface area contributed by atoms with Crippen molar-refractivity contribution >= 4 is 28.8 Å². The van der Waals surface area contributed by atoms with Crippen molar-refractivity contribution in [3.05, 3.63) is 64.1 Å². The largest absolute Gasteiger partial charge is 0.365 e. The molecule has 0 aliphatic carbocycles. The van der Waals surface area contributed by atoms with E-state index in [-0.39, 0.29) is 11.2 Å². The van der Waals surface area contributed by atoms with Crippen molar-refractivity contribution in [1.29, 1.82) is 0 Å². The zero-order chi connectivity index (χ0) is 17.5. The zero-order valence-electron chi connectivity index (χ0n) is 14.5. The van der Waals surface area contributed by atoms with Crippen LogP contribution in [0, 0.1) is 0 Å². The lowest BCUT2D eigenvalue weighted by Crippen LogP contribution is -2.39. The van der Waals surface area contributed by atoms with Crippen molar-refractivity contribution in [3.8, 4) is 11.1 Å². The van der Waals surface area contributed by atoms with Crippen molar-refractivity contribution in [2.75, 3.05) is 0 Å². The minimum atomic E-state index is -0.309. The van der Waals surface area contributed by atoms with Gasteiger partial charge in [0.15, 0.2) is 0 Å². The summed E-state index contributed by atoms with van der Waals surface area (Å²) in [4.78, 5) is 0. The summed E-state index contributed by atoms with van der Waals surface area (Å²) in [5.41, 5.74) is 4.05. The highest BCUT2D eigenvalue weighted by Gasteiger charge is 2.34. The van der Waals surface area contributed by atoms with Crippen molar-refractivity contribution in [2.24, 2.45) is 0 Å². The van der Waals surface area contributed by atoms with E-state index in [1.54, 1.807) is 0 Å². The van der Waals surface area contributed by atoms with Crippen LogP contribution in [-0.2, 0) is 4.74 Å². The molecule has 0 saturated carbocycles. The molecule has 1 aliphatic rings. The van der Waals surface area contributed by atoms with Crippen LogP contribution < -0.4 is 0 Å². The van der Waals surface area contributed by atoms with Crippen LogP contribution in [0.4, 0.5) is 0 Å². The number of hydrogen-bond acceptors (Lipinski definition) is 1. The van der Waals surface area contributed by atoms with E-state index in [0.717, 1.165) is 33.2 Å². The third-order valence-corrected chi connectivity index (χ3v) is 4.75. The number of rotatable bonds is 2. The highest BCUT2D eigenvalue weighted by molar-refractivity contribution is 6.32. The summed E-state index contributed by atoms with van der Waals surface area (Å²) in [5.74, 6) is 0. The lowest BCUT2D eigenvalue weighted by molar-refractivity contribution is -0.100. The zero-order valence-corrected chi connectivity index (χ0v) is 16.0. The molecule has 1 aliphatic heterocycles. The predicted octanol–water partition coefficient (Wildman–Crippen LogP) is 7.02. The second-order valence-electron chi connectivity index (χ2n) is 7.51. The molecule has 0 aromatic heterocycles. The van der Waals surface area contributed by atoms with Gasteiger partial charge in [-0.1, -0.05) is 41.4 Å². The Kier molecular flexibility index (Phi) is 4.55. The molecule has 0 spiro atoms. The molecule has 2 aromatic carbocycles. The third-order valence-electron chi connectivity index (χ3n) is 4.17. The van der Waals surface area contributed by atoms with Gasteiger partial charge in [0.25, 0.3) is 0 Å². The Bertz CT molecular complexity index is 786. The number of benzene rings is 2. The molecule has 0 saturated heterocycles. The van der Waals surface area contributed by atoms with Crippen molar-refractivity contribution in [2.45, 2.75) is 45.3 Å². The van der Waals surface area contributed by atoms with E-state index in [0.29, 0.717) is 0 Å². The average Bonchev–Trinajstić information content (AvgIpc) is 2.45. The van der Waals surface area contributed by atoms with Gasteiger partial charge in [-0.05, 0) is 80.3 Å². The molecule has 1 nitrogen and oxygen atoms in total. The van der Waals surface area contributed by atoms with Crippen molar-refractivity contribution < 1.29 is 4.74 Å².